The Balaban J connectivity index is 1.63. The monoisotopic (exact) mass is 312 g/mol. The van der Waals surface area contributed by atoms with E-state index in [1.54, 1.807) is 12.1 Å². The minimum Gasteiger partial charge on any atom is -0.508 e. The fraction of sp³-hybridized carbons (Fsp3) is 0.389. The molecule has 0 amide bonds. The maximum absolute atomic E-state index is 9.43. The summed E-state index contributed by atoms with van der Waals surface area (Å²) in [6.07, 6.45) is 1.91. The van der Waals surface area contributed by atoms with Crippen molar-refractivity contribution in [2.24, 2.45) is 0 Å². The van der Waals surface area contributed by atoms with Crippen LogP contribution in [-0.2, 0) is 6.54 Å². The summed E-state index contributed by atoms with van der Waals surface area (Å²) in [4.78, 5) is 4.92. The number of aromatic hydroxyl groups is 1. The Labute approximate surface area is 137 Å². The van der Waals surface area contributed by atoms with Gasteiger partial charge in [-0.2, -0.15) is 5.10 Å². The molecule has 0 bridgehead atoms. The van der Waals surface area contributed by atoms with E-state index in [1.165, 1.54) is 11.1 Å². The minimum absolute atomic E-state index is 0.281. The number of nitrogens with one attached hydrogen (secondary N) is 1. The number of aromatic nitrogens is 2. The van der Waals surface area contributed by atoms with E-state index in [-0.39, 0.29) is 5.75 Å². The van der Waals surface area contributed by atoms with Crippen molar-refractivity contribution in [1.29, 1.82) is 0 Å². The lowest BCUT2D eigenvalue weighted by atomic mass is 10.1. The van der Waals surface area contributed by atoms with Crippen molar-refractivity contribution in [1.82, 2.24) is 20.0 Å². The lowest BCUT2D eigenvalue weighted by Gasteiger charge is -2.34. The Hall–Kier alpha value is -2.11. The maximum atomic E-state index is 9.43. The lowest BCUT2D eigenvalue weighted by molar-refractivity contribution is 0.135. The number of hydrogen-bond acceptors (Lipinski definition) is 4. The van der Waals surface area contributed by atoms with Gasteiger partial charge in [0.15, 0.2) is 0 Å². The summed E-state index contributed by atoms with van der Waals surface area (Å²) in [6.45, 7) is 12.3. The molecule has 1 fully saturated rings. The molecule has 1 aromatic heterocycles. The first-order chi connectivity index (χ1) is 11.1. The molecule has 0 atom stereocenters. The molecule has 2 aromatic rings. The summed E-state index contributed by atoms with van der Waals surface area (Å²) < 4.78 is 0. The van der Waals surface area contributed by atoms with Gasteiger partial charge in [-0.25, -0.2) is 0 Å². The molecule has 1 aromatic carbocycles. The first-order valence-corrected chi connectivity index (χ1v) is 8.02. The number of H-pyrrole nitrogens is 1. The largest absolute Gasteiger partial charge is 0.508 e. The van der Waals surface area contributed by atoms with E-state index >= 15 is 0 Å². The highest BCUT2D eigenvalue weighted by Crippen LogP contribution is 2.24. The highest BCUT2D eigenvalue weighted by Gasteiger charge is 2.18. The second kappa shape index (κ2) is 6.98. The standard InChI is InChI=1S/C18H24N4O/c1-14(2)12-21-7-9-22(10-8-21)13-16-11-19-20-18(16)15-3-5-17(23)6-4-15/h3-6,11,23H,1,7-10,12-13H2,2H3,(H,19,20). The van der Waals surface area contributed by atoms with E-state index in [2.05, 4.69) is 33.5 Å². The molecule has 0 radical (unpaired) electrons. The van der Waals surface area contributed by atoms with E-state index in [9.17, 15) is 5.11 Å². The molecule has 0 saturated carbocycles. The lowest BCUT2D eigenvalue weighted by Crippen LogP contribution is -2.46. The SMILES string of the molecule is C=C(C)CN1CCN(Cc2cn[nH]c2-c2ccc(O)cc2)CC1. The Morgan fingerprint density at radius 2 is 1.83 bits per heavy atom. The van der Waals surface area contributed by atoms with Gasteiger partial charge >= 0.3 is 0 Å². The highest BCUT2D eigenvalue weighted by atomic mass is 16.3. The zero-order chi connectivity index (χ0) is 16.2. The maximum Gasteiger partial charge on any atom is 0.115 e. The average Bonchev–Trinajstić information content (AvgIpc) is 2.98. The van der Waals surface area contributed by atoms with Crippen LogP contribution in [0.4, 0.5) is 0 Å². The summed E-state index contributed by atoms with van der Waals surface area (Å²) in [5, 5.41) is 16.7. The summed E-state index contributed by atoms with van der Waals surface area (Å²) in [7, 11) is 0. The van der Waals surface area contributed by atoms with Gasteiger partial charge < -0.3 is 5.11 Å². The van der Waals surface area contributed by atoms with Gasteiger partial charge in [-0.05, 0) is 31.2 Å². The number of nitrogens with zero attached hydrogens (tertiary/aromatic N) is 3. The first kappa shape index (κ1) is 15.8. The number of aromatic amines is 1. The van der Waals surface area contributed by atoms with Gasteiger partial charge in [0.05, 0.1) is 11.9 Å². The van der Waals surface area contributed by atoms with Crippen molar-refractivity contribution in [2.45, 2.75) is 13.5 Å². The number of benzene rings is 1. The predicted molar refractivity (Wildman–Crippen MR) is 92.2 cm³/mol. The molecular formula is C18H24N4O. The van der Waals surface area contributed by atoms with Gasteiger partial charge in [0.25, 0.3) is 0 Å². The van der Waals surface area contributed by atoms with Crippen molar-refractivity contribution in [3.8, 4) is 17.0 Å². The molecule has 0 aliphatic carbocycles. The first-order valence-electron chi connectivity index (χ1n) is 8.02. The Bertz CT molecular complexity index is 654. The van der Waals surface area contributed by atoms with E-state index in [4.69, 9.17) is 0 Å². The normalized spacial score (nSPS) is 16.6. The molecule has 1 aliphatic heterocycles. The third-order valence-corrected chi connectivity index (χ3v) is 4.23. The Kier molecular flexibility index (Phi) is 4.79. The number of phenolic OH excluding ortho intramolecular Hbond substituents is 1. The highest BCUT2D eigenvalue weighted by molar-refractivity contribution is 5.63. The van der Waals surface area contributed by atoms with Crippen LogP contribution in [0.3, 0.4) is 0 Å². The van der Waals surface area contributed by atoms with Gasteiger partial charge in [-0.3, -0.25) is 14.9 Å². The van der Waals surface area contributed by atoms with E-state index in [1.807, 2.05) is 18.3 Å². The number of hydrogen-bond donors (Lipinski definition) is 2. The second-order valence-corrected chi connectivity index (χ2v) is 6.33. The van der Waals surface area contributed by atoms with Crippen LogP contribution in [0, 0.1) is 0 Å². The average molecular weight is 312 g/mol. The molecule has 2 heterocycles. The van der Waals surface area contributed by atoms with Crippen LogP contribution in [0.2, 0.25) is 0 Å². The molecule has 0 spiro atoms. The topological polar surface area (TPSA) is 55.4 Å². The van der Waals surface area contributed by atoms with Crippen LogP contribution >= 0.6 is 0 Å². The van der Waals surface area contributed by atoms with Crippen molar-refractivity contribution in [2.75, 3.05) is 32.7 Å². The quantitative estimate of drug-likeness (QED) is 0.833. The van der Waals surface area contributed by atoms with E-state index in [0.29, 0.717) is 0 Å². The third kappa shape index (κ3) is 4.00. The van der Waals surface area contributed by atoms with Crippen molar-refractivity contribution in [3.63, 3.8) is 0 Å². The molecule has 1 aliphatic rings. The smallest absolute Gasteiger partial charge is 0.115 e. The Morgan fingerprint density at radius 1 is 1.17 bits per heavy atom. The van der Waals surface area contributed by atoms with Gasteiger partial charge in [-0.15, -0.1) is 0 Å². The van der Waals surface area contributed by atoms with E-state index < -0.39 is 0 Å². The summed E-state index contributed by atoms with van der Waals surface area (Å²) in [6, 6.07) is 7.24. The summed E-state index contributed by atoms with van der Waals surface area (Å²) in [5.74, 6) is 0.281. The number of phenols is 1. The summed E-state index contributed by atoms with van der Waals surface area (Å²) in [5.41, 5.74) is 4.51. The number of rotatable bonds is 5. The molecule has 0 unspecified atom stereocenters. The zero-order valence-electron chi connectivity index (χ0n) is 13.6. The fourth-order valence-corrected chi connectivity index (χ4v) is 3.04. The van der Waals surface area contributed by atoms with Gasteiger partial charge in [0.1, 0.15) is 5.75 Å². The van der Waals surface area contributed by atoms with Gasteiger partial charge in [-0.1, -0.05) is 12.2 Å². The Morgan fingerprint density at radius 3 is 2.48 bits per heavy atom. The minimum atomic E-state index is 0.281. The number of piperazine rings is 1. The van der Waals surface area contributed by atoms with E-state index in [0.717, 1.165) is 50.5 Å². The van der Waals surface area contributed by atoms with Gasteiger partial charge in [0.2, 0.25) is 0 Å². The van der Waals surface area contributed by atoms with Crippen LogP contribution in [0.25, 0.3) is 11.3 Å². The molecule has 122 valence electrons. The van der Waals surface area contributed by atoms with Crippen LogP contribution in [-0.4, -0.2) is 57.8 Å². The zero-order valence-corrected chi connectivity index (χ0v) is 13.6. The molecule has 5 nitrogen and oxygen atoms in total. The van der Waals surface area contributed by atoms with Crippen LogP contribution in [0.1, 0.15) is 12.5 Å². The fourth-order valence-electron chi connectivity index (χ4n) is 3.04. The van der Waals surface area contributed by atoms with Crippen molar-refractivity contribution >= 4 is 0 Å². The molecule has 3 rings (SSSR count). The molecule has 2 N–H and O–H groups in total. The molecular weight excluding hydrogens is 288 g/mol. The van der Waals surface area contributed by atoms with Crippen molar-refractivity contribution < 1.29 is 5.11 Å². The van der Waals surface area contributed by atoms with Crippen LogP contribution in [0.15, 0.2) is 42.6 Å². The summed E-state index contributed by atoms with van der Waals surface area (Å²) >= 11 is 0. The second-order valence-electron chi connectivity index (χ2n) is 6.33. The van der Waals surface area contributed by atoms with Crippen LogP contribution in [0.5, 0.6) is 5.75 Å². The van der Waals surface area contributed by atoms with Crippen molar-refractivity contribution in [3.05, 3.63) is 48.2 Å². The predicted octanol–water partition coefficient (Wildman–Crippen LogP) is 2.48. The van der Waals surface area contributed by atoms with Gasteiger partial charge in [0, 0.05) is 50.4 Å². The molecule has 1 saturated heterocycles. The third-order valence-electron chi connectivity index (χ3n) is 4.23. The molecule has 23 heavy (non-hydrogen) atoms. The van der Waals surface area contributed by atoms with Crippen LogP contribution < -0.4 is 0 Å². The molecule has 5 heteroatoms.